The Hall–Kier alpha value is -1.40. The van der Waals surface area contributed by atoms with E-state index in [2.05, 4.69) is 9.71 Å². The molecule has 0 atom stereocenters. The summed E-state index contributed by atoms with van der Waals surface area (Å²) in [6.45, 7) is 5.41. The summed E-state index contributed by atoms with van der Waals surface area (Å²) in [7, 11) is -3.54. The van der Waals surface area contributed by atoms with Crippen LogP contribution in [0.4, 0.5) is 0 Å². The number of hydrogen-bond donors (Lipinski definition) is 1. The van der Waals surface area contributed by atoms with Crippen molar-refractivity contribution in [3.05, 3.63) is 30.7 Å². The monoisotopic (exact) mass is 253 g/mol. The minimum atomic E-state index is -3.54. The lowest BCUT2D eigenvalue weighted by atomic mass is 10.1. The highest BCUT2D eigenvalue weighted by molar-refractivity contribution is 7.89. The molecule has 0 aliphatic heterocycles. The SMILES string of the molecule is CC(C)(C)NS(=O)(=O)c1cccc2cncn12. The molecule has 0 spiro atoms. The largest absolute Gasteiger partial charge is 0.288 e. The highest BCUT2D eigenvalue weighted by atomic mass is 32.2. The molecule has 1 N–H and O–H groups in total. The average Bonchev–Trinajstić information content (AvgIpc) is 2.60. The van der Waals surface area contributed by atoms with Crippen molar-refractivity contribution < 1.29 is 8.42 Å². The fourth-order valence-corrected chi connectivity index (χ4v) is 3.18. The lowest BCUT2D eigenvalue weighted by Gasteiger charge is -2.20. The van der Waals surface area contributed by atoms with Gasteiger partial charge in [0, 0.05) is 5.54 Å². The topological polar surface area (TPSA) is 63.5 Å². The van der Waals surface area contributed by atoms with Crippen molar-refractivity contribution in [1.82, 2.24) is 14.1 Å². The maximum atomic E-state index is 12.2. The van der Waals surface area contributed by atoms with Gasteiger partial charge in [-0.2, -0.15) is 0 Å². The van der Waals surface area contributed by atoms with Crippen LogP contribution in [0.5, 0.6) is 0 Å². The summed E-state index contributed by atoms with van der Waals surface area (Å²) in [5, 5.41) is 0.197. The van der Waals surface area contributed by atoms with Gasteiger partial charge in [0.1, 0.15) is 6.33 Å². The summed E-state index contributed by atoms with van der Waals surface area (Å²) in [6.07, 6.45) is 3.11. The number of rotatable bonds is 2. The minimum absolute atomic E-state index is 0.197. The van der Waals surface area contributed by atoms with E-state index >= 15 is 0 Å². The molecule has 6 heteroatoms. The van der Waals surface area contributed by atoms with E-state index in [0.29, 0.717) is 0 Å². The quantitative estimate of drug-likeness (QED) is 0.880. The Morgan fingerprint density at radius 1 is 1.29 bits per heavy atom. The van der Waals surface area contributed by atoms with Gasteiger partial charge in [0.05, 0.1) is 11.7 Å². The fourth-order valence-electron chi connectivity index (χ4n) is 1.60. The molecular weight excluding hydrogens is 238 g/mol. The van der Waals surface area contributed by atoms with Crippen molar-refractivity contribution in [2.24, 2.45) is 0 Å². The normalized spacial score (nSPS) is 13.1. The van der Waals surface area contributed by atoms with Crippen molar-refractivity contribution in [2.45, 2.75) is 31.3 Å². The number of imidazole rings is 1. The predicted molar refractivity (Wildman–Crippen MR) is 65.3 cm³/mol. The average molecular weight is 253 g/mol. The van der Waals surface area contributed by atoms with Gasteiger partial charge in [0.25, 0.3) is 10.0 Å². The second-order valence-corrected chi connectivity index (χ2v) is 6.54. The van der Waals surface area contributed by atoms with Crippen LogP contribution >= 0.6 is 0 Å². The van der Waals surface area contributed by atoms with Gasteiger partial charge in [0.2, 0.25) is 0 Å². The summed E-state index contributed by atoms with van der Waals surface area (Å²) in [5.41, 5.74) is 0.239. The number of nitrogens with zero attached hydrogens (tertiary/aromatic N) is 2. The predicted octanol–water partition coefficient (Wildman–Crippen LogP) is 1.41. The zero-order chi connectivity index (χ0) is 12.7. The highest BCUT2D eigenvalue weighted by Crippen LogP contribution is 2.14. The Bertz CT molecular complexity index is 638. The molecule has 0 saturated carbocycles. The molecule has 92 valence electrons. The number of fused-ring (bicyclic) bond motifs is 1. The van der Waals surface area contributed by atoms with Gasteiger partial charge in [0.15, 0.2) is 5.03 Å². The van der Waals surface area contributed by atoms with Crippen LogP contribution in [-0.4, -0.2) is 23.3 Å². The van der Waals surface area contributed by atoms with Crippen molar-refractivity contribution in [1.29, 1.82) is 0 Å². The lowest BCUT2D eigenvalue weighted by molar-refractivity contribution is 0.489. The summed E-state index contributed by atoms with van der Waals surface area (Å²) in [5.74, 6) is 0. The van der Waals surface area contributed by atoms with Crippen LogP contribution in [-0.2, 0) is 10.0 Å². The third-order valence-corrected chi connectivity index (χ3v) is 3.89. The highest BCUT2D eigenvalue weighted by Gasteiger charge is 2.23. The van der Waals surface area contributed by atoms with Crippen molar-refractivity contribution in [2.75, 3.05) is 0 Å². The molecule has 0 radical (unpaired) electrons. The maximum absolute atomic E-state index is 12.2. The zero-order valence-corrected chi connectivity index (χ0v) is 10.8. The number of hydrogen-bond acceptors (Lipinski definition) is 3. The zero-order valence-electron chi connectivity index (χ0n) is 10.0. The Kier molecular flexibility index (Phi) is 2.71. The molecule has 0 amide bonds. The molecule has 5 nitrogen and oxygen atoms in total. The van der Waals surface area contributed by atoms with Gasteiger partial charge in [-0.25, -0.2) is 18.1 Å². The molecule has 0 aliphatic carbocycles. The van der Waals surface area contributed by atoms with Gasteiger partial charge in [-0.05, 0) is 32.9 Å². The maximum Gasteiger partial charge on any atom is 0.257 e. The van der Waals surface area contributed by atoms with E-state index in [1.807, 2.05) is 6.07 Å². The number of pyridine rings is 1. The molecule has 0 fully saturated rings. The third kappa shape index (κ3) is 2.48. The van der Waals surface area contributed by atoms with Gasteiger partial charge in [-0.15, -0.1) is 0 Å². The molecule has 2 rings (SSSR count). The number of aromatic nitrogens is 2. The Morgan fingerprint density at radius 2 is 2.00 bits per heavy atom. The van der Waals surface area contributed by atoms with Crippen LogP contribution in [0.25, 0.3) is 5.52 Å². The summed E-state index contributed by atoms with van der Waals surface area (Å²) in [4.78, 5) is 3.94. The molecule has 0 unspecified atom stereocenters. The fraction of sp³-hybridized carbons (Fsp3) is 0.364. The van der Waals surface area contributed by atoms with Gasteiger partial charge in [-0.1, -0.05) is 6.07 Å². The van der Waals surface area contributed by atoms with E-state index in [1.165, 1.54) is 6.33 Å². The Morgan fingerprint density at radius 3 is 2.65 bits per heavy atom. The first-order valence-electron chi connectivity index (χ1n) is 5.25. The molecule has 0 aromatic carbocycles. The molecule has 2 heterocycles. The van der Waals surface area contributed by atoms with Crippen LogP contribution in [0.1, 0.15) is 20.8 Å². The van der Waals surface area contributed by atoms with Crippen molar-refractivity contribution in [3.63, 3.8) is 0 Å². The van der Waals surface area contributed by atoms with Gasteiger partial charge >= 0.3 is 0 Å². The Balaban J connectivity index is 2.57. The van der Waals surface area contributed by atoms with E-state index in [1.54, 1.807) is 43.5 Å². The second kappa shape index (κ2) is 3.82. The molecule has 2 aromatic heterocycles. The Labute approximate surface area is 101 Å². The van der Waals surface area contributed by atoms with Crippen LogP contribution in [0.15, 0.2) is 35.7 Å². The summed E-state index contributed by atoms with van der Waals surface area (Å²) in [6, 6.07) is 5.07. The smallest absolute Gasteiger partial charge is 0.257 e. The first-order valence-corrected chi connectivity index (χ1v) is 6.73. The standard InChI is InChI=1S/C11H15N3O2S/c1-11(2,3)13-17(15,16)10-6-4-5-9-7-12-8-14(9)10/h4-8,13H,1-3H3. The molecular formula is C11H15N3O2S. The molecule has 17 heavy (non-hydrogen) atoms. The molecule has 0 bridgehead atoms. The van der Waals surface area contributed by atoms with Crippen LogP contribution in [0, 0.1) is 0 Å². The van der Waals surface area contributed by atoms with Crippen LogP contribution in [0.2, 0.25) is 0 Å². The second-order valence-electron chi connectivity index (χ2n) is 4.91. The summed E-state index contributed by atoms with van der Waals surface area (Å²) >= 11 is 0. The third-order valence-electron chi connectivity index (χ3n) is 2.13. The van der Waals surface area contributed by atoms with Crippen LogP contribution in [0.3, 0.4) is 0 Å². The summed E-state index contributed by atoms with van der Waals surface area (Å²) < 4.78 is 28.6. The molecule has 2 aromatic rings. The van der Waals surface area contributed by atoms with Crippen LogP contribution < -0.4 is 4.72 Å². The lowest BCUT2D eigenvalue weighted by Crippen LogP contribution is -2.41. The van der Waals surface area contributed by atoms with Crippen molar-refractivity contribution >= 4 is 15.5 Å². The van der Waals surface area contributed by atoms with Crippen molar-refractivity contribution in [3.8, 4) is 0 Å². The van der Waals surface area contributed by atoms with Gasteiger partial charge < -0.3 is 0 Å². The molecule has 0 aliphatic rings. The van der Waals surface area contributed by atoms with E-state index in [9.17, 15) is 8.42 Å². The first-order chi connectivity index (χ1) is 7.80. The van der Waals surface area contributed by atoms with E-state index in [0.717, 1.165) is 5.52 Å². The number of nitrogens with one attached hydrogen (secondary N) is 1. The van der Waals surface area contributed by atoms with E-state index in [-0.39, 0.29) is 5.03 Å². The van der Waals surface area contributed by atoms with E-state index < -0.39 is 15.6 Å². The molecule has 0 saturated heterocycles. The first kappa shape index (κ1) is 12.1. The van der Waals surface area contributed by atoms with Gasteiger partial charge in [-0.3, -0.25) is 4.40 Å². The number of sulfonamides is 1. The van der Waals surface area contributed by atoms with E-state index in [4.69, 9.17) is 0 Å². The minimum Gasteiger partial charge on any atom is -0.288 e.